The summed E-state index contributed by atoms with van der Waals surface area (Å²) in [6.07, 6.45) is 2.26. The molecular formula is C17H25FN2O2. The van der Waals surface area contributed by atoms with Gasteiger partial charge >= 0.3 is 0 Å². The highest BCUT2D eigenvalue weighted by Crippen LogP contribution is 2.15. The standard InChI is InChI=1S/C17H25FN2O2/c1-4-5-11-19-15(21)17(2,3)16(22)20-12-10-13-8-6-7-9-14(13)18/h6-9H,4-5,10-12H2,1-3H3,(H,19,21)(H,20,22). The zero-order valence-electron chi connectivity index (χ0n) is 13.5. The summed E-state index contributed by atoms with van der Waals surface area (Å²) in [7, 11) is 0. The molecule has 0 saturated heterocycles. The number of unbranched alkanes of at least 4 members (excludes halogenated alkanes) is 1. The Kier molecular flexibility index (Phi) is 7.02. The highest BCUT2D eigenvalue weighted by Gasteiger charge is 2.35. The van der Waals surface area contributed by atoms with Gasteiger partial charge in [0.25, 0.3) is 0 Å². The molecule has 0 aliphatic rings. The smallest absolute Gasteiger partial charge is 0.235 e. The first-order valence-electron chi connectivity index (χ1n) is 7.69. The third-order valence-electron chi connectivity index (χ3n) is 3.59. The van der Waals surface area contributed by atoms with Gasteiger partial charge in [-0.2, -0.15) is 0 Å². The maximum atomic E-state index is 13.5. The van der Waals surface area contributed by atoms with Crippen LogP contribution in [0.25, 0.3) is 0 Å². The summed E-state index contributed by atoms with van der Waals surface area (Å²) in [5.41, 5.74) is -0.587. The normalized spacial score (nSPS) is 11.1. The van der Waals surface area contributed by atoms with Crippen molar-refractivity contribution >= 4 is 11.8 Å². The van der Waals surface area contributed by atoms with Crippen molar-refractivity contribution in [3.8, 4) is 0 Å². The third-order valence-corrected chi connectivity index (χ3v) is 3.59. The zero-order chi connectivity index (χ0) is 16.6. The van der Waals surface area contributed by atoms with E-state index in [1.165, 1.54) is 6.07 Å². The van der Waals surface area contributed by atoms with E-state index in [9.17, 15) is 14.0 Å². The number of carbonyl (C=O) groups is 2. The summed E-state index contributed by atoms with van der Waals surface area (Å²) >= 11 is 0. The van der Waals surface area contributed by atoms with Gasteiger partial charge in [0.2, 0.25) is 11.8 Å². The molecular weight excluding hydrogens is 283 g/mol. The Morgan fingerprint density at radius 3 is 2.27 bits per heavy atom. The number of rotatable bonds is 8. The number of hydrogen-bond donors (Lipinski definition) is 2. The first-order valence-corrected chi connectivity index (χ1v) is 7.69. The highest BCUT2D eigenvalue weighted by atomic mass is 19.1. The minimum Gasteiger partial charge on any atom is -0.355 e. The van der Waals surface area contributed by atoms with Crippen molar-refractivity contribution in [1.29, 1.82) is 0 Å². The maximum absolute atomic E-state index is 13.5. The Morgan fingerprint density at radius 1 is 1.09 bits per heavy atom. The number of hydrogen-bond acceptors (Lipinski definition) is 2. The van der Waals surface area contributed by atoms with Gasteiger partial charge in [0.05, 0.1) is 0 Å². The molecule has 2 N–H and O–H groups in total. The Bertz CT molecular complexity index is 515. The third kappa shape index (κ3) is 5.13. The Labute approximate surface area is 131 Å². The van der Waals surface area contributed by atoms with Gasteiger partial charge in [0, 0.05) is 13.1 Å². The molecule has 122 valence electrons. The second-order valence-electron chi connectivity index (χ2n) is 5.83. The molecule has 5 heteroatoms. The molecule has 0 saturated carbocycles. The lowest BCUT2D eigenvalue weighted by molar-refractivity contribution is -0.141. The Hall–Kier alpha value is -1.91. The second-order valence-corrected chi connectivity index (χ2v) is 5.83. The number of amides is 2. The molecule has 0 fully saturated rings. The molecule has 1 aromatic carbocycles. The second kappa shape index (κ2) is 8.51. The highest BCUT2D eigenvalue weighted by molar-refractivity contribution is 6.04. The predicted molar refractivity (Wildman–Crippen MR) is 84.8 cm³/mol. The monoisotopic (exact) mass is 308 g/mol. The lowest BCUT2D eigenvalue weighted by atomic mass is 9.91. The first-order chi connectivity index (χ1) is 10.4. The maximum Gasteiger partial charge on any atom is 0.235 e. The van der Waals surface area contributed by atoms with E-state index >= 15 is 0 Å². The SMILES string of the molecule is CCCCNC(=O)C(C)(C)C(=O)NCCc1ccccc1F. The largest absolute Gasteiger partial charge is 0.355 e. The van der Waals surface area contributed by atoms with Gasteiger partial charge < -0.3 is 10.6 Å². The van der Waals surface area contributed by atoms with Crippen LogP contribution in [0.15, 0.2) is 24.3 Å². The van der Waals surface area contributed by atoms with E-state index < -0.39 is 5.41 Å². The van der Waals surface area contributed by atoms with Crippen molar-refractivity contribution in [2.24, 2.45) is 5.41 Å². The van der Waals surface area contributed by atoms with Crippen molar-refractivity contribution < 1.29 is 14.0 Å². The fourth-order valence-electron chi connectivity index (χ4n) is 1.94. The summed E-state index contributed by atoms with van der Waals surface area (Å²) in [5, 5.41) is 5.47. The average Bonchev–Trinajstić information content (AvgIpc) is 2.49. The molecule has 1 rings (SSSR count). The van der Waals surface area contributed by atoms with E-state index in [2.05, 4.69) is 10.6 Å². The van der Waals surface area contributed by atoms with Crippen molar-refractivity contribution in [1.82, 2.24) is 10.6 Å². The first kappa shape index (κ1) is 18.1. The van der Waals surface area contributed by atoms with Crippen LogP contribution in [-0.4, -0.2) is 24.9 Å². The molecule has 0 aliphatic heterocycles. The molecule has 0 bridgehead atoms. The number of benzene rings is 1. The van der Waals surface area contributed by atoms with E-state index in [0.29, 0.717) is 25.1 Å². The van der Waals surface area contributed by atoms with Crippen molar-refractivity contribution in [3.63, 3.8) is 0 Å². The van der Waals surface area contributed by atoms with Crippen LogP contribution in [0.3, 0.4) is 0 Å². The molecule has 4 nitrogen and oxygen atoms in total. The van der Waals surface area contributed by atoms with Gasteiger partial charge in [-0.3, -0.25) is 9.59 Å². The van der Waals surface area contributed by atoms with Crippen LogP contribution < -0.4 is 10.6 Å². The van der Waals surface area contributed by atoms with Crippen LogP contribution in [0.4, 0.5) is 4.39 Å². The van der Waals surface area contributed by atoms with E-state index in [-0.39, 0.29) is 17.6 Å². The molecule has 2 amide bonds. The van der Waals surface area contributed by atoms with Gasteiger partial charge in [0.15, 0.2) is 0 Å². The van der Waals surface area contributed by atoms with E-state index in [4.69, 9.17) is 0 Å². The molecule has 0 spiro atoms. The van der Waals surface area contributed by atoms with Crippen LogP contribution in [0.5, 0.6) is 0 Å². The molecule has 22 heavy (non-hydrogen) atoms. The summed E-state index contributed by atoms with van der Waals surface area (Å²) in [4.78, 5) is 24.2. The summed E-state index contributed by atoms with van der Waals surface area (Å²) in [6, 6.07) is 6.46. The lowest BCUT2D eigenvalue weighted by Crippen LogP contribution is -2.48. The van der Waals surface area contributed by atoms with Crippen molar-refractivity contribution in [2.45, 2.75) is 40.0 Å². The van der Waals surface area contributed by atoms with E-state index in [0.717, 1.165) is 12.8 Å². The van der Waals surface area contributed by atoms with Crippen LogP contribution in [0.2, 0.25) is 0 Å². The topological polar surface area (TPSA) is 58.2 Å². The Morgan fingerprint density at radius 2 is 1.68 bits per heavy atom. The lowest BCUT2D eigenvalue weighted by Gasteiger charge is -2.22. The van der Waals surface area contributed by atoms with Crippen LogP contribution >= 0.6 is 0 Å². The van der Waals surface area contributed by atoms with Crippen LogP contribution in [-0.2, 0) is 16.0 Å². The molecule has 0 aromatic heterocycles. The zero-order valence-corrected chi connectivity index (χ0v) is 13.5. The van der Waals surface area contributed by atoms with Gasteiger partial charge in [-0.05, 0) is 38.3 Å². The fraction of sp³-hybridized carbons (Fsp3) is 0.529. The molecule has 0 heterocycles. The van der Waals surface area contributed by atoms with Gasteiger partial charge in [-0.25, -0.2) is 4.39 Å². The van der Waals surface area contributed by atoms with E-state index in [1.54, 1.807) is 32.0 Å². The van der Waals surface area contributed by atoms with Crippen LogP contribution in [0.1, 0.15) is 39.2 Å². The Balaban J connectivity index is 2.46. The van der Waals surface area contributed by atoms with Crippen molar-refractivity contribution in [2.75, 3.05) is 13.1 Å². The summed E-state index contributed by atoms with van der Waals surface area (Å²) in [5.74, 6) is -0.921. The van der Waals surface area contributed by atoms with E-state index in [1.807, 2.05) is 6.92 Å². The molecule has 0 radical (unpaired) electrons. The quantitative estimate of drug-likeness (QED) is 0.572. The molecule has 0 atom stereocenters. The summed E-state index contributed by atoms with van der Waals surface area (Å²) < 4.78 is 13.5. The predicted octanol–water partition coefficient (Wildman–Crippen LogP) is 2.43. The van der Waals surface area contributed by atoms with Crippen molar-refractivity contribution in [3.05, 3.63) is 35.6 Å². The molecule has 0 aliphatic carbocycles. The number of halogens is 1. The number of carbonyl (C=O) groups excluding carboxylic acids is 2. The van der Waals surface area contributed by atoms with Crippen LogP contribution in [0, 0.1) is 11.2 Å². The number of nitrogens with one attached hydrogen (secondary N) is 2. The van der Waals surface area contributed by atoms with Gasteiger partial charge in [-0.15, -0.1) is 0 Å². The molecule has 0 unspecified atom stereocenters. The average molecular weight is 308 g/mol. The minimum atomic E-state index is -1.14. The summed E-state index contributed by atoms with van der Waals surface area (Å²) in [6.45, 7) is 6.08. The van der Waals surface area contributed by atoms with Gasteiger partial charge in [-0.1, -0.05) is 31.5 Å². The molecule has 1 aromatic rings. The van der Waals surface area contributed by atoms with Gasteiger partial charge in [0.1, 0.15) is 11.2 Å². The minimum absolute atomic E-state index is 0.284. The fourth-order valence-corrected chi connectivity index (χ4v) is 1.94.